The predicted octanol–water partition coefficient (Wildman–Crippen LogP) is 4.22. The van der Waals surface area contributed by atoms with Gasteiger partial charge in [-0.05, 0) is 51.0 Å². The first-order valence-corrected chi connectivity index (χ1v) is 8.58. The molecule has 1 aliphatic heterocycles. The maximum atomic E-state index is 4.74. The third-order valence-electron chi connectivity index (χ3n) is 3.71. The number of thioether (sulfide) groups is 1. The summed E-state index contributed by atoms with van der Waals surface area (Å²) >= 11 is 1.83. The number of anilines is 2. The molecule has 0 amide bonds. The Morgan fingerprint density at radius 2 is 1.90 bits per heavy atom. The second-order valence-corrected chi connectivity index (χ2v) is 6.06. The average Bonchev–Trinajstić information content (AvgIpc) is 2.50. The van der Waals surface area contributed by atoms with E-state index < -0.39 is 0 Å². The van der Waals surface area contributed by atoms with Crippen LogP contribution in [0.5, 0.6) is 0 Å². The van der Waals surface area contributed by atoms with Gasteiger partial charge in [-0.3, -0.25) is 4.99 Å². The fourth-order valence-corrected chi connectivity index (χ4v) is 3.39. The molecule has 0 spiro atoms. The van der Waals surface area contributed by atoms with Crippen LogP contribution in [0.2, 0.25) is 0 Å². The van der Waals surface area contributed by atoms with Crippen molar-refractivity contribution in [3.8, 4) is 0 Å². The molecule has 4 heteroatoms. The first kappa shape index (κ1) is 15.2. The molecule has 0 radical (unpaired) electrons. The van der Waals surface area contributed by atoms with Gasteiger partial charge < -0.3 is 10.2 Å². The highest BCUT2D eigenvalue weighted by molar-refractivity contribution is 8.14. The lowest BCUT2D eigenvalue weighted by Gasteiger charge is -2.22. The molecule has 1 heterocycles. The summed E-state index contributed by atoms with van der Waals surface area (Å²) in [6.45, 7) is 8.68. The molecule has 1 N–H and O–H groups in total. The Labute approximate surface area is 126 Å². The van der Waals surface area contributed by atoms with Crippen molar-refractivity contribution in [2.75, 3.05) is 29.1 Å². The average molecular weight is 291 g/mol. The van der Waals surface area contributed by atoms with Crippen molar-refractivity contribution in [3.63, 3.8) is 0 Å². The minimum Gasteiger partial charge on any atom is -0.372 e. The molecular formula is C16H25N3S. The van der Waals surface area contributed by atoms with Crippen LogP contribution in [-0.2, 0) is 0 Å². The van der Waals surface area contributed by atoms with Crippen molar-refractivity contribution in [2.45, 2.75) is 39.7 Å². The van der Waals surface area contributed by atoms with E-state index in [1.807, 2.05) is 11.8 Å². The molecule has 0 bridgehead atoms. The summed E-state index contributed by atoms with van der Waals surface area (Å²) in [4.78, 5) is 7.09. The molecule has 0 fully saturated rings. The zero-order chi connectivity index (χ0) is 14.4. The number of aliphatic imine (C=N–C) groups is 1. The summed E-state index contributed by atoms with van der Waals surface area (Å²) in [6, 6.07) is 9.15. The highest BCUT2D eigenvalue weighted by Crippen LogP contribution is 2.23. The summed E-state index contributed by atoms with van der Waals surface area (Å²) in [5.74, 6) is 1.17. The predicted molar refractivity (Wildman–Crippen MR) is 92.2 cm³/mol. The van der Waals surface area contributed by atoms with Crippen LogP contribution in [0.4, 0.5) is 11.4 Å². The Balaban J connectivity index is 2.02. The Hall–Kier alpha value is -1.16. The highest BCUT2D eigenvalue weighted by Gasteiger charge is 2.14. The van der Waals surface area contributed by atoms with Crippen molar-refractivity contribution < 1.29 is 0 Å². The van der Waals surface area contributed by atoms with Crippen LogP contribution in [-0.4, -0.2) is 30.1 Å². The van der Waals surface area contributed by atoms with Gasteiger partial charge in [0.15, 0.2) is 5.17 Å². The van der Waals surface area contributed by atoms with Gasteiger partial charge in [0.1, 0.15) is 0 Å². The molecule has 20 heavy (non-hydrogen) atoms. The summed E-state index contributed by atoms with van der Waals surface area (Å²) < 4.78 is 0. The Bertz CT molecular complexity index is 438. The fourth-order valence-electron chi connectivity index (χ4n) is 2.39. The largest absolute Gasteiger partial charge is 0.372 e. The van der Waals surface area contributed by atoms with E-state index in [1.54, 1.807) is 0 Å². The number of benzene rings is 1. The van der Waals surface area contributed by atoms with Crippen molar-refractivity contribution in [1.29, 1.82) is 0 Å². The minimum absolute atomic E-state index is 0.494. The molecule has 0 saturated carbocycles. The normalized spacial score (nSPS) is 18.6. The number of nitrogens with one attached hydrogen (secondary N) is 1. The van der Waals surface area contributed by atoms with Gasteiger partial charge in [-0.25, -0.2) is 0 Å². The maximum absolute atomic E-state index is 4.74. The first-order valence-electron chi connectivity index (χ1n) is 7.59. The number of rotatable bonds is 5. The summed E-state index contributed by atoms with van der Waals surface area (Å²) in [5, 5.41) is 4.51. The molecule has 1 aromatic carbocycles. The Morgan fingerprint density at radius 1 is 1.20 bits per heavy atom. The van der Waals surface area contributed by atoms with Crippen LogP contribution < -0.4 is 10.2 Å². The van der Waals surface area contributed by atoms with E-state index in [0.29, 0.717) is 6.04 Å². The molecule has 0 aromatic heterocycles. The van der Waals surface area contributed by atoms with Gasteiger partial charge >= 0.3 is 0 Å². The zero-order valence-corrected chi connectivity index (χ0v) is 13.5. The van der Waals surface area contributed by atoms with E-state index >= 15 is 0 Å². The van der Waals surface area contributed by atoms with Crippen LogP contribution in [0, 0.1) is 0 Å². The molecule has 0 saturated heterocycles. The van der Waals surface area contributed by atoms with Crippen molar-refractivity contribution in [2.24, 2.45) is 4.99 Å². The number of hydrogen-bond donors (Lipinski definition) is 1. The highest BCUT2D eigenvalue weighted by atomic mass is 32.2. The SMILES string of the molecule is CCC1CCSC(Nc2ccc(N(CC)CC)cc2)=N1. The van der Waals surface area contributed by atoms with Gasteiger partial charge in [0.2, 0.25) is 0 Å². The van der Waals surface area contributed by atoms with Crippen LogP contribution in [0.1, 0.15) is 33.6 Å². The molecule has 1 aromatic rings. The topological polar surface area (TPSA) is 27.6 Å². The molecular weight excluding hydrogens is 266 g/mol. The molecule has 1 unspecified atom stereocenters. The Morgan fingerprint density at radius 3 is 2.50 bits per heavy atom. The van der Waals surface area contributed by atoms with E-state index in [-0.39, 0.29) is 0 Å². The lowest BCUT2D eigenvalue weighted by atomic mass is 10.2. The Kier molecular flexibility index (Phi) is 5.77. The van der Waals surface area contributed by atoms with E-state index in [4.69, 9.17) is 4.99 Å². The van der Waals surface area contributed by atoms with E-state index in [2.05, 4.69) is 55.3 Å². The third kappa shape index (κ3) is 3.92. The van der Waals surface area contributed by atoms with Crippen LogP contribution in [0.15, 0.2) is 29.3 Å². The first-order chi connectivity index (χ1) is 9.76. The van der Waals surface area contributed by atoms with Crippen molar-refractivity contribution >= 4 is 28.3 Å². The van der Waals surface area contributed by atoms with Gasteiger partial charge in [-0.2, -0.15) is 0 Å². The molecule has 2 rings (SSSR count). The van der Waals surface area contributed by atoms with E-state index in [9.17, 15) is 0 Å². The van der Waals surface area contributed by atoms with Crippen molar-refractivity contribution in [3.05, 3.63) is 24.3 Å². The minimum atomic E-state index is 0.494. The van der Waals surface area contributed by atoms with Crippen LogP contribution in [0.25, 0.3) is 0 Å². The van der Waals surface area contributed by atoms with Crippen LogP contribution >= 0.6 is 11.8 Å². The standard InChI is InChI=1S/C16H25N3S/c1-4-13-11-12-20-16(17-13)18-14-7-9-15(10-8-14)19(5-2)6-3/h7-10,13H,4-6,11-12H2,1-3H3,(H,17,18). The smallest absolute Gasteiger partial charge is 0.161 e. The molecule has 110 valence electrons. The lowest BCUT2D eigenvalue weighted by molar-refractivity contribution is 0.634. The van der Waals surface area contributed by atoms with Gasteiger partial charge in [0.05, 0.1) is 6.04 Å². The quantitative estimate of drug-likeness (QED) is 0.880. The second-order valence-electron chi connectivity index (χ2n) is 4.98. The van der Waals surface area contributed by atoms with Crippen LogP contribution in [0.3, 0.4) is 0 Å². The third-order valence-corrected chi connectivity index (χ3v) is 4.63. The zero-order valence-electron chi connectivity index (χ0n) is 12.7. The fraction of sp³-hybridized carbons (Fsp3) is 0.562. The monoisotopic (exact) mass is 291 g/mol. The maximum Gasteiger partial charge on any atom is 0.161 e. The van der Waals surface area contributed by atoms with Gasteiger partial charge in [-0.1, -0.05) is 18.7 Å². The van der Waals surface area contributed by atoms with Gasteiger partial charge in [0, 0.05) is 30.2 Å². The summed E-state index contributed by atoms with van der Waals surface area (Å²) in [5.41, 5.74) is 2.41. The number of hydrogen-bond acceptors (Lipinski definition) is 4. The molecule has 0 aliphatic carbocycles. The van der Waals surface area contributed by atoms with E-state index in [1.165, 1.54) is 17.9 Å². The van der Waals surface area contributed by atoms with Gasteiger partial charge in [0.25, 0.3) is 0 Å². The molecule has 1 aliphatic rings. The summed E-state index contributed by atoms with van der Waals surface area (Å²) in [7, 11) is 0. The second kappa shape index (κ2) is 7.58. The molecule has 3 nitrogen and oxygen atoms in total. The summed E-state index contributed by atoms with van der Waals surface area (Å²) in [6.07, 6.45) is 2.33. The number of amidine groups is 1. The number of nitrogens with zero attached hydrogens (tertiary/aromatic N) is 2. The van der Waals surface area contributed by atoms with Gasteiger partial charge in [-0.15, -0.1) is 0 Å². The van der Waals surface area contributed by atoms with E-state index in [0.717, 1.165) is 30.4 Å². The molecule has 1 atom stereocenters. The van der Waals surface area contributed by atoms with Crippen molar-refractivity contribution in [1.82, 2.24) is 0 Å². The lowest BCUT2D eigenvalue weighted by Crippen LogP contribution is -2.22.